The summed E-state index contributed by atoms with van der Waals surface area (Å²) >= 11 is 1.57. The molecule has 0 bridgehead atoms. The Hall–Kier alpha value is -0.240. The Labute approximate surface area is 66.9 Å². The van der Waals surface area contributed by atoms with Gasteiger partial charge < -0.3 is 0 Å². The van der Waals surface area contributed by atoms with Gasteiger partial charge in [0.25, 0.3) is 0 Å². The lowest BCUT2D eigenvalue weighted by Gasteiger charge is -1.99. The number of rotatable bonds is 5. The van der Waals surface area contributed by atoms with Crippen LogP contribution in [0.3, 0.4) is 0 Å². The molecule has 0 saturated carbocycles. The van der Waals surface area contributed by atoms with Crippen LogP contribution in [0.5, 0.6) is 0 Å². The number of thioether (sulfide) groups is 1. The summed E-state index contributed by atoms with van der Waals surface area (Å²) in [5.41, 5.74) is 0. The van der Waals surface area contributed by atoms with E-state index in [1.807, 2.05) is 0 Å². The molecule has 0 aromatic carbocycles. The highest BCUT2D eigenvalue weighted by atomic mass is 32.2. The van der Waals surface area contributed by atoms with Gasteiger partial charge in [0.15, 0.2) is 0 Å². The Kier molecular flexibility index (Phi) is 5.40. The molecule has 0 radical (unpaired) electrons. The van der Waals surface area contributed by atoms with Gasteiger partial charge in [-0.15, -0.1) is 11.8 Å². The first kappa shape index (κ1) is 9.76. The number of hydrogen-bond donors (Lipinski definition) is 0. The standard InChI is InChI=1S/C8H14OS/c1-4-5-8(3)10-6-7(2)9/h3-6H2,1-2H3. The quantitative estimate of drug-likeness (QED) is 0.612. The summed E-state index contributed by atoms with van der Waals surface area (Å²) < 4.78 is 0. The molecule has 0 amide bonds. The topological polar surface area (TPSA) is 17.1 Å². The number of carbonyl (C=O) groups excluding carboxylic acids is 1. The van der Waals surface area contributed by atoms with E-state index in [1.165, 1.54) is 0 Å². The first-order valence-corrected chi connectivity index (χ1v) is 4.45. The van der Waals surface area contributed by atoms with Crippen LogP contribution >= 0.6 is 11.8 Å². The minimum absolute atomic E-state index is 0.224. The third kappa shape index (κ3) is 5.89. The zero-order valence-electron chi connectivity index (χ0n) is 6.64. The van der Waals surface area contributed by atoms with Gasteiger partial charge in [-0.1, -0.05) is 19.9 Å². The smallest absolute Gasteiger partial charge is 0.140 e. The molecule has 0 aromatic rings. The highest BCUT2D eigenvalue weighted by Gasteiger charge is 1.96. The fourth-order valence-corrected chi connectivity index (χ4v) is 1.31. The van der Waals surface area contributed by atoms with E-state index >= 15 is 0 Å². The third-order valence-corrected chi connectivity index (χ3v) is 2.17. The SMILES string of the molecule is C=C(CCC)SCC(C)=O. The highest BCUT2D eigenvalue weighted by molar-refractivity contribution is 8.03. The molecule has 0 saturated heterocycles. The van der Waals surface area contributed by atoms with Gasteiger partial charge in [0.2, 0.25) is 0 Å². The Morgan fingerprint density at radius 2 is 2.20 bits per heavy atom. The van der Waals surface area contributed by atoms with E-state index in [2.05, 4.69) is 13.5 Å². The number of carbonyl (C=O) groups is 1. The molecule has 0 atom stereocenters. The maximum absolute atomic E-state index is 10.5. The Morgan fingerprint density at radius 3 is 2.60 bits per heavy atom. The minimum Gasteiger partial charge on any atom is -0.299 e. The van der Waals surface area contributed by atoms with Gasteiger partial charge in [0, 0.05) is 0 Å². The van der Waals surface area contributed by atoms with Crippen LogP contribution in [0, 0.1) is 0 Å². The largest absolute Gasteiger partial charge is 0.299 e. The predicted octanol–water partition coefficient (Wildman–Crippen LogP) is 2.62. The van der Waals surface area contributed by atoms with Gasteiger partial charge in [-0.2, -0.15) is 0 Å². The van der Waals surface area contributed by atoms with Crippen LogP contribution in [0.1, 0.15) is 26.7 Å². The van der Waals surface area contributed by atoms with Crippen molar-refractivity contribution in [2.75, 3.05) is 5.75 Å². The Balaban J connectivity index is 3.30. The number of hydrogen-bond acceptors (Lipinski definition) is 2. The monoisotopic (exact) mass is 158 g/mol. The summed E-state index contributed by atoms with van der Waals surface area (Å²) in [5, 5.41) is 0. The molecule has 10 heavy (non-hydrogen) atoms. The number of allylic oxidation sites excluding steroid dienone is 1. The first-order chi connectivity index (χ1) is 4.66. The fourth-order valence-electron chi connectivity index (χ4n) is 0.555. The molecule has 0 fully saturated rings. The van der Waals surface area contributed by atoms with Crippen molar-refractivity contribution >= 4 is 17.5 Å². The maximum atomic E-state index is 10.5. The van der Waals surface area contributed by atoms with Crippen molar-refractivity contribution in [1.29, 1.82) is 0 Å². The van der Waals surface area contributed by atoms with Crippen molar-refractivity contribution in [3.8, 4) is 0 Å². The van der Waals surface area contributed by atoms with E-state index in [4.69, 9.17) is 0 Å². The van der Waals surface area contributed by atoms with Crippen LogP contribution in [0.15, 0.2) is 11.5 Å². The van der Waals surface area contributed by atoms with Crippen molar-refractivity contribution in [2.24, 2.45) is 0 Å². The van der Waals surface area contributed by atoms with Crippen LogP contribution in [-0.2, 0) is 4.79 Å². The number of Topliss-reactive ketones (excluding diaryl/α,β-unsaturated/α-hetero) is 1. The molecule has 0 rings (SSSR count). The zero-order chi connectivity index (χ0) is 7.98. The minimum atomic E-state index is 0.224. The molecule has 0 heterocycles. The van der Waals surface area contributed by atoms with Crippen LogP contribution in [0.4, 0.5) is 0 Å². The molecule has 0 unspecified atom stereocenters. The summed E-state index contributed by atoms with van der Waals surface area (Å²) in [7, 11) is 0. The molecular formula is C8H14OS. The lowest BCUT2D eigenvalue weighted by atomic mass is 10.3. The van der Waals surface area contributed by atoms with E-state index in [9.17, 15) is 4.79 Å². The molecule has 0 aliphatic heterocycles. The summed E-state index contributed by atoms with van der Waals surface area (Å²) in [6.07, 6.45) is 2.14. The average molecular weight is 158 g/mol. The molecule has 0 aliphatic carbocycles. The Bertz CT molecular complexity index is 129. The fraction of sp³-hybridized carbons (Fsp3) is 0.625. The van der Waals surface area contributed by atoms with Crippen molar-refractivity contribution in [3.05, 3.63) is 11.5 Å². The second-order valence-corrected chi connectivity index (χ2v) is 3.43. The molecule has 0 aliphatic rings. The molecular weight excluding hydrogens is 144 g/mol. The van der Waals surface area contributed by atoms with Crippen LogP contribution in [0.2, 0.25) is 0 Å². The second-order valence-electron chi connectivity index (χ2n) is 2.28. The molecule has 58 valence electrons. The van der Waals surface area contributed by atoms with Crippen LogP contribution in [0.25, 0.3) is 0 Å². The molecule has 0 aromatic heterocycles. The lowest BCUT2D eigenvalue weighted by molar-refractivity contribution is -0.114. The van der Waals surface area contributed by atoms with Crippen molar-refractivity contribution in [2.45, 2.75) is 26.7 Å². The van der Waals surface area contributed by atoms with Gasteiger partial charge in [-0.3, -0.25) is 4.79 Å². The van der Waals surface area contributed by atoms with Gasteiger partial charge in [-0.25, -0.2) is 0 Å². The first-order valence-electron chi connectivity index (χ1n) is 3.46. The molecule has 0 N–H and O–H groups in total. The second kappa shape index (κ2) is 5.54. The van der Waals surface area contributed by atoms with Crippen molar-refractivity contribution in [1.82, 2.24) is 0 Å². The zero-order valence-corrected chi connectivity index (χ0v) is 7.46. The highest BCUT2D eigenvalue weighted by Crippen LogP contribution is 2.17. The molecule has 0 spiro atoms. The van der Waals surface area contributed by atoms with Gasteiger partial charge in [0.05, 0.1) is 5.75 Å². The van der Waals surface area contributed by atoms with Crippen LogP contribution in [-0.4, -0.2) is 11.5 Å². The lowest BCUT2D eigenvalue weighted by Crippen LogP contribution is -1.92. The van der Waals surface area contributed by atoms with Crippen LogP contribution < -0.4 is 0 Å². The summed E-state index contributed by atoms with van der Waals surface area (Å²) in [4.78, 5) is 11.6. The van der Waals surface area contributed by atoms with Crippen molar-refractivity contribution < 1.29 is 4.79 Å². The van der Waals surface area contributed by atoms with Gasteiger partial charge >= 0.3 is 0 Å². The number of ketones is 1. The van der Waals surface area contributed by atoms with E-state index < -0.39 is 0 Å². The third-order valence-electron chi connectivity index (χ3n) is 1.01. The predicted molar refractivity (Wildman–Crippen MR) is 47.2 cm³/mol. The summed E-state index contributed by atoms with van der Waals surface area (Å²) in [5.74, 6) is 0.806. The maximum Gasteiger partial charge on any atom is 0.140 e. The van der Waals surface area contributed by atoms with Gasteiger partial charge in [-0.05, 0) is 18.2 Å². The summed E-state index contributed by atoms with van der Waals surface area (Å²) in [6.45, 7) is 7.54. The Morgan fingerprint density at radius 1 is 1.60 bits per heavy atom. The van der Waals surface area contributed by atoms with E-state index in [0.29, 0.717) is 5.75 Å². The van der Waals surface area contributed by atoms with E-state index in [-0.39, 0.29) is 5.78 Å². The van der Waals surface area contributed by atoms with Crippen molar-refractivity contribution in [3.63, 3.8) is 0 Å². The molecule has 2 heteroatoms. The normalized spacial score (nSPS) is 9.40. The van der Waals surface area contributed by atoms with E-state index in [0.717, 1.165) is 17.7 Å². The van der Waals surface area contributed by atoms with E-state index in [1.54, 1.807) is 18.7 Å². The van der Waals surface area contributed by atoms with Gasteiger partial charge in [0.1, 0.15) is 5.78 Å². The summed E-state index contributed by atoms with van der Waals surface area (Å²) in [6, 6.07) is 0. The molecule has 1 nitrogen and oxygen atoms in total. The average Bonchev–Trinajstić information content (AvgIpc) is 1.85.